The van der Waals surface area contributed by atoms with Crippen LogP contribution in [0.15, 0.2) is 22.7 Å². The Morgan fingerprint density at radius 3 is 2.78 bits per heavy atom. The molecule has 1 aliphatic rings. The molecule has 1 aromatic rings. The Morgan fingerprint density at radius 1 is 1.39 bits per heavy atom. The molecule has 0 aromatic heterocycles. The Morgan fingerprint density at radius 2 is 2.17 bits per heavy atom. The summed E-state index contributed by atoms with van der Waals surface area (Å²) >= 11 is 3.29. The predicted molar refractivity (Wildman–Crippen MR) is 72.9 cm³/mol. The van der Waals surface area contributed by atoms with E-state index < -0.39 is 5.97 Å². The highest BCUT2D eigenvalue weighted by molar-refractivity contribution is 9.10. The van der Waals surface area contributed by atoms with Gasteiger partial charge in [-0.3, -0.25) is 0 Å². The molecule has 2 unspecified atom stereocenters. The molecule has 0 amide bonds. The first-order valence-corrected chi connectivity index (χ1v) is 6.81. The van der Waals surface area contributed by atoms with Crippen molar-refractivity contribution in [1.29, 1.82) is 0 Å². The molecule has 3 N–H and O–H groups in total. The molecule has 0 heterocycles. The van der Waals surface area contributed by atoms with Gasteiger partial charge < -0.3 is 15.5 Å². The lowest BCUT2D eigenvalue weighted by Crippen LogP contribution is -2.22. The second-order valence-corrected chi connectivity index (χ2v) is 5.59. The zero-order valence-electron chi connectivity index (χ0n) is 9.90. The molecule has 0 aliphatic heterocycles. The van der Waals surface area contributed by atoms with Crippen LogP contribution in [0.25, 0.3) is 0 Å². The first-order valence-electron chi connectivity index (χ1n) is 6.02. The van der Waals surface area contributed by atoms with E-state index in [2.05, 4.69) is 21.2 Å². The highest BCUT2D eigenvalue weighted by Crippen LogP contribution is 2.26. The van der Waals surface area contributed by atoms with E-state index >= 15 is 0 Å². The Labute approximate surface area is 114 Å². The summed E-state index contributed by atoms with van der Waals surface area (Å²) < 4.78 is 0.733. The van der Waals surface area contributed by atoms with E-state index in [1.54, 1.807) is 12.1 Å². The number of aromatic carboxylic acids is 1. The summed E-state index contributed by atoms with van der Waals surface area (Å²) in [5, 5.41) is 21.9. The van der Waals surface area contributed by atoms with Gasteiger partial charge in [0.15, 0.2) is 0 Å². The first-order chi connectivity index (χ1) is 8.56. The van der Waals surface area contributed by atoms with E-state index in [4.69, 9.17) is 5.11 Å². The maximum Gasteiger partial charge on any atom is 0.335 e. The van der Waals surface area contributed by atoms with E-state index in [0.29, 0.717) is 6.54 Å². The normalized spacial score (nSPS) is 23.0. The third-order valence-corrected chi connectivity index (χ3v) is 3.79. The lowest BCUT2D eigenvalue weighted by Gasteiger charge is -2.16. The maximum atomic E-state index is 10.9. The highest BCUT2D eigenvalue weighted by Gasteiger charge is 2.24. The Kier molecular flexibility index (Phi) is 4.24. The molecule has 2 rings (SSSR count). The molecule has 1 saturated carbocycles. The number of carboxylic acids is 1. The lowest BCUT2D eigenvalue weighted by atomic mass is 10.1. The summed E-state index contributed by atoms with van der Waals surface area (Å²) in [5.74, 6) is -0.683. The van der Waals surface area contributed by atoms with E-state index in [1.807, 2.05) is 6.07 Å². The number of nitrogens with one attached hydrogen (secondary N) is 1. The van der Waals surface area contributed by atoms with E-state index in [1.165, 1.54) is 0 Å². The molecule has 0 radical (unpaired) electrons. The molecule has 0 spiro atoms. The van der Waals surface area contributed by atoms with Crippen molar-refractivity contribution in [2.75, 3.05) is 11.9 Å². The minimum atomic E-state index is -0.944. The van der Waals surface area contributed by atoms with Gasteiger partial charge in [0.1, 0.15) is 0 Å². The zero-order chi connectivity index (χ0) is 13.1. The number of aliphatic hydroxyl groups is 1. The number of hydrogen-bond acceptors (Lipinski definition) is 3. The van der Waals surface area contributed by atoms with Crippen LogP contribution in [0.1, 0.15) is 29.6 Å². The van der Waals surface area contributed by atoms with Crippen molar-refractivity contribution in [2.24, 2.45) is 5.92 Å². The molecule has 5 heteroatoms. The summed E-state index contributed by atoms with van der Waals surface area (Å²) in [4.78, 5) is 10.9. The molecule has 0 bridgehead atoms. The number of carbonyl (C=O) groups is 1. The van der Waals surface area contributed by atoms with Gasteiger partial charge in [0.25, 0.3) is 0 Å². The zero-order valence-corrected chi connectivity index (χ0v) is 11.5. The van der Waals surface area contributed by atoms with E-state index in [9.17, 15) is 9.90 Å². The molecule has 1 fully saturated rings. The van der Waals surface area contributed by atoms with Crippen LogP contribution in [0, 0.1) is 5.92 Å². The fourth-order valence-corrected chi connectivity index (χ4v) is 2.81. The van der Waals surface area contributed by atoms with Crippen molar-refractivity contribution >= 4 is 27.6 Å². The van der Waals surface area contributed by atoms with Gasteiger partial charge in [-0.25, -0.2) is 4.79 Å². The molecule has 4 nitrogen and oxygen atoms in total. The molecular formula is C13H16BrNO3. The maximum absolute atomic E-state index is 10.9. The van der Waals surface area contributed by atoms with Gasteiger partial charge in [0.05, 0.1) is 11.7 Å². The topological polar surface area (TPSA) is 69.6 Å². The minimum Gasteiger partial charge on any atom is -0.478 e. The average Bonchev–Trinajstić information content (AvgIpc) is 2.71. The molecule has 0 saturated heterocycles. The van der Waals surface area contributed by atoms with Crippen molar-refractivity contribution in [3.05, 3.63) is 28.2 Å². The second kappa shape index (κ2) is 5.71. The SMILES string of the molecule is O=C(O)c1cc(Br)cc(NCC2CCCC2O)c1. The fraction of sp³-hybridized carbons (Fsp3) is 0.462. The van der Waals surface area contributed by atoms with Crippen molar-refractivity contribution in [3.63, 3.8) is 0 Å². The number of carboxylic acid groups (broad SMARTS) is 1. The van der Waals surface area contributed by atoms with Crippen LogP contribution in [-0.4, -0.2) is 28.8 Å². The minimum absolute atomic E-state index is 0.233. The van der Waals surface area contributed by atoms with Gasteiger partial charge >= 0.3 is 5.97 Å². The summed E-state index contributed by atoms with van der Waals surface area (Å²) in [6.07, 6.45) is 2.72. The van der Waals surface area contributed by atoms with Gasteiger partial charge in [-0.15, -0.1) is 0 Å². The van der Waals surface area contributed by atoms with Gasteiger partial charge in [-0.05, 0) is 31.0 Å². The number of aliphatic hydroxyl groups excluding tert-OH is 1. The summed E-state index contributed by atoms with van der Waals surface area (Å²) in [7, 11) is 0. The van der Waals surface area contributed by atoms with Crippen LogP contribution in [0.3, 0.4) is 0 Å². The Bertz CT molecular complexity index is 450. The number of rotatable bonds is 4. The molecule has 1 aromatic carbocycles. The van der Waals surface area contributed by atoms with E-state index in [0.717, 1.165) is 29.4 Å². The molecule has 98 valence electrons. The van der Waals surface area contributed by atoms with Gasteiger partial charge in [-0.2, -0.15) is 0 Å². The predicted octanol–water partition coefficient (Wildman–Crippen LogP) is 2.72. The van der Waals surface area contributed by atoms with Crippen LogP contribution in [0.2, 0.25) is 0 Å². The number of benzene rings is 1. The van der Waals surface area contributed by atoms with Gasteiger partial charge in [0.2, 0.25) is 0 Å². The Balaban J connectivity index is 2.02. The van der Waals surface area contributed by atoms with Crippen LogP contribution in [0.5, 0.6) is 0 Å². The van der Waals surface area contributed by atoms with Crippen LogP contribution >= 0.6 is 15.9 Å². The van der Waals surface area contributed by atoms with Crippen molar-refractivity contribution < 1.29 is 15.0 Å². The van der Waals surface area contributed by atoms with Crippen molar-refractivity contribution in [2.45, 2.75) is 25.4 Å². The van der Waals surface area contributed by atoms with Gasteiger partial charge in [0, 0.05) is 22.6 Å². The van der Waals surface area contributed by atoms with Crippen LogP contribution < -0.4 is 5.32 Å². The van der Waals surface area contributed by atoms with Gasteiger partial charge in [-0.1, -0.05) is 22.4 Å². The lowest BCUT2D eigenvalue weighted by molar-refractivity contribution is 0.0697. The van der Waals surface area contributed by atoms with Crippen LogP contribution in [0.4, 0.5) is 5.69 Å². The third kappa shape index (κ3) is 3.23. The second-order valence-electron chi connectivity index (χ2n) is 4.67. The standard InChI is InChI=1S/C13H16BrNO3/c14-10-4-9(13(17)18)5-11(6-10)15-7-8-2-1-3-12(8)16/h4-6,8,12,15-16H,1-3,7H2,(H,17,18). The third-order valence-electron chi connectivity index (χ3n) is 3.33. The highest BCUT2D eigenvalue weighted by atomic mass is 79.9. The number of halogens is 1. The number of hydrogen-bond donors (Lipinski definition) is 3. The molecule has 2 atom stereocenters. The molecule has 18 heavy (non-hydrogen) atoms. The average molecular weight is 314 g/mol. The van der Waals surface area contributed by atoms with Crippen molar-refractivity contribution in [3.8, 4) is 0 Å². The first kappa shape index (κ1) is 13.4. The van der Waals surface area contributed by atoms with E-state index in [-0.39, 0.29) is 17.6 Å². The van der Waals surface area contributed by atoms with Crippen LogP contribution in [-0.2, 0) is 0 Å². The van der Waals surface area contributed by atoms with Crippen molar-refractivity contribution in [1.82, 2.24) is 0 Å². The molecule has 1 aliphatic carbocycles. The fourth-order valence-electron chi connectivity index (χ4n) is 2.32. The quantitative estimate of drug-likeness (QED) is 0.799. The molecular weight excluding hydrogens is 298 g/mol. The summed E-state index contributed by atoms with van der Waals surface area (Å²) in [6, 6.07) is 5.01. The smallest absolute Gasteiger partial charge is 0.335 e. The summed E-state index contributed by atoms with van der Waals surface area (Å²) in [6.45, 7) is 0.677. The summed E-state index contributed by atoms with van der Waals surface area (Å²) in [5.41, 5.74) is 1.01. The Hall–Kier alpha value is -1.07. The monoisotopic (exact) mass is 313 g/mol. The largest absolute Gasteiger partial charge is 0.478 e. The number of anilines is 1.